The third-order valence-corrected chi connectivity index (χ3v) is 4.20. The molecule has 0 amide bonds. The summed E-state index contributed by atoms with van der Waals surface area (Å²) < 4.78 is 11.3. The zero-order chi connectivity index (χ0) is 15.0. The number of rotatable bonds is 2. The highest BCUT2D eigenvalue weighted by Crippen LogP contribution is 2.34. The number of aromatic hydroxyl groups is 2. The van der Waals surface area contributed by atoms with E-state index >= 15 is 0 Å². The van der Waals surface area contributed by atoms with E-state index in [1.54, 1.807) is 0 Å². The van der Waals surface area contributed by atoms with Gasteiger partial charge in [-0.15, -0.1) is 0 Å². The van der Waals surface area contributed by atoms with Crippen LogP contribution in [0.3, 0.4) is 0 Å². The molecule has 0 aromatic heterocycles. The van der Waals surface area contributed by atoms with E-state index in [9.17, 15) is 15.0 Å². The summed E-state index contributed by atoms with van der Waals surface area (Å²) in [5.41, 5.74) is 0.805. The molecule has 0 radical (unpaired) electrons. The molecule has 5 nitrogen and oxygen atoms in total. The number of carbonyl (C=O) groups excluding carboxylic acids is 1. The van der Waals surface area contributed by atoms with E-state index in [1.807, 2.05) is 0 Å². The van der Waals surface area contributed by atoms with Gasteiger partial charge in [0.05, 0.1) is 12.2 Å². The van der Waals surface area contributed by atoms with Gasteiger partial charge < -0.3 is 19.7 Å². The van der Waals surface area contributed by atoms with Crippen molar-refractivity contribution in [3.63, 3.8) is 0 Å². The Labute approximate surface area is 123 Å². The molecule has 2 heterocycles. The Kier molecular flexibility index (Phi) is 3.76. The van der Waals surface area contributed by atoms with Crippen LogP contribution in [0.5, 0.6) is 11.5 Å². The zero-order valence-electron chi connectivity index (χ0n) is 12.0. The molecule has 1 aromatic carbocycles. The summed E-state index contributed by atoms with van der Waals surface area (Å²) in [5.74, 6) is -0.791. The molecule has 3 atom stereocenters. The fourth-order valence-corrected chi connectivity index (χ4v) is 3.26. The fraction of sp³-hybridized carbons (Fsp3) is 0.562. The van der Waals surface area contributed by atoms with Crippen molar-refractivity contribution in [2.24, 2.45) is 0 Å². The molecule has 2 aliphatic rings. The normalized spacial score (nSPS) is 28.8. The third-order valence-electron chi connectivity index (χ3n) is 4.20. The molecule has 0 aliphatic carbocycles. The van der Waals surface area contributed by atoms with Gasteiger partial charge in [-0.2, -0.15) is 0 Å². The Bertz CT molecular complexity index is 554. The van der Waals surface area contributed by atoms with Crippen LogP contribution < -0.4 is 0 Å². The summed E-state index contributed by atoms with van der Waals surface area (Å²) >= 11 is 0. The monoisotopic (exact) mass is 292 g/mol. The van der Waals surface area contributed by atoms with Gasteiger partial charge in [-0.1, -0.05) is 0 Å². The van der Waals surface area contributed by atoms with E-state index in [0.717, 1.165) is 25.3 Å². The molecular weight excluding hydrogens is 272 g/mol. The van der Waals surface area contributed by atoms with Crippen LogP contribution in [-0.2, 0) is 15.9 Å². The minimum atomic E-state index is -0.525. The van der Waals surface area contributed by atoms with Crippen molar-refractivity contribution in [2.75, 3.05) is 0 Å². The molecular formula is C16H20O5. The Morgan fingerprint density at radius 3 is 2.81 bits per heavy atom. The van der Waals surface area contributed by atoms with Crippen molar-refractivity contribution in [3.05, 3.63) is 23.3 Å². The Morgan fingerprint density at radius 2 is 2.05 bits per heavy atom. The maximum absolute atomic E-state index is 12.0. The zero-order valence-corrected chi connectivity index (χ0v) is 12.0. The van der Waals surface area contributed by atoms with Crippen LogP contribution in [0.15, 0.2) is 12.1 Å². The Hall–Kier alpha value is -1.75. The summed E-state index contributed by atoms with van der Waals surface area (Å²) in [6, 6.07) is 2.68. The van der Waals surface area contributed by atoms with Crippen molar-refractivity contribution < 1.29 is 24.5 Å². The van der Waals surface area contributed by atoms with Crippen LogP contribution in [0.4, 0.5) is 0 Å². The number of phenols is 2. The number of cyclic esters (lactones) is 1. The minimum Gasteiger partial charge on any atom is -0.508 e. The first kappa shape index (κ1) is 14.2. The molecule has 21 heavy (non-hydrogen) atoms. The van der Waals surface area contributed by atoms with Crippen molar-refractivity contribution in [2.45, 2.75) is 57.3 Å². The van der Waals surface area contributed by atoms with E-state index in [2.05, 4.69) is 6.92 Å². The van der Waals surface area contributed by atoms with Crippen LogP contribution in [-0.4, -0.2) is 34.5 Å². The summed E-state index contributed by atoms with van der Waals surface area (Å²) in [6.45, 7) is 2.06. The molecule has 2 N–H and O–H groups in total. The molecule has 0 saturated carbocycles. The highest BCUT2D eigenvalue weighted by atomic mass is 16.5. The van der Waals surface area contributed by atoms with E-state index in [-0.39, 0.29) is 35.4 Å². The Balaban J connectivity index is 1.74. The molecule has 0 spiro atoms. The molecule has 5 heteroatoms. The SMILES string of the molecule is C[C@H]1CCC[C@H](C[C@@H]2Cc3cc(O)cc(O)c3C(=O)O2)O1. The quantitative estimate of drug-likeness (QED) is 0.819. The van der Waals surface area contributed by atoms with Crippen molar-refractivity contribution >= 4 is 5.97 Å². The first-order valence-electron chi connectivity index (χ1n) is 7.44. The summed E-state index contributed by atoms with van der Waals surface area (Å²) in [7, 11) is 0. The Morgan fingerprint density at radius 1 is 1.24 bits per heavy atom. The van der Waals surface area contributed by atoms with Gasteiger partial charge in [0.25, 0.3) is 0 Å². The highest BCUT2D eigenvalue weighted by molar-refractivity contribution is 5.95. The number of hydrogen-bond donors (Lipinski definition) is 2. The third kappa shape index (κ3) is 2.97. The van der Waals surface area contributed by atoms with Gasteiger partial charge in [0.2, 0.25) is 0 Å². The van der Waals surface area contributed by atoms with Gasteiger partial charge in [0, 0.05) is 18.9 Å². The lowest BCUT2D eigenvalue weighted by Crippen LogP contribution is -2.34. The summed E-state index contributed by atoms with van der Waals surface area (Å²) in [6.07, 6.45) is 4.44. The highest BCUT2D eigenvalue weighted by Gasteiger charge is 2.32. The molecule has 1 saturated heterocycles. The number of phenolic OH excluding ortho intramolecular Hbond substituents is 2. The molecule has 1 aromatic rings. The lowest BCUT2D eigenvalue weighted by Gasteiger charge is -2.32. The lowest BCUT2D eigenvalue weighted by atomic mass is 9.92. The van der Waals surface area contributed by atoms with Gasteiger partial charge in [-0.05, 0) is 37.8 Å². The number of fused-ring (bicyclic) bond motifs is 1. The van der Waals surface area contributed by atoms with Gasteiger partial charge >= 0.3 is 5.97 Å². The van der Waals surface area contributed by atoms with Crippen LogP contribution in [0, 0.1) is 0 Å². The lowest BCUT2D eigenvalue weighted by molar-refractivity contribution is -0.0647. The molecule has 0 bridgehead atoms. The number of benzene rings is 1. The molecule has 1 fully saturated rings. The topological polar surface area (TPSA) is 76.0 Å². The van der Waals surface area contributed by atoms with Gasteiger partial charge in [0.1, 0.15) is 23.2 Å². The van der Waals surface area contributed by atoms with Crippen LogP contribution in [0.25, 0.3) is 0 Å². The van der Waals surface area contributed by atoms with Gasteiger partial charge in [-0.25, -0.2) is 4.79 Å². The summed E-state index contributed by atoms with van der Waals surface area (Å²) in [5, 5.41) is 19.3. The van der Waals surface area contributed by atoms with E-state index in [1.165, 1.54) is 6.07 Å². The molecule has 2 aliphatic heterocycles. The predicted molar refractivity (Wildman–Crippen MR) is 75.5 cm³/mol. The van der Waals surface area contributed by atoms with Gasteiger partial charge in [0.15, 0.2) is 0 Å². The van der Waals surface area contributed by atoms with E-state index in [4.69, 9.17) is 9.47 Å². The summed E-state index contributed by atoms with van der Waals surface area (Å²) in [4.78, 5) is 12.0. The van der Waals surface area contributed by atoms with Crippen LogP contribution >= 0.6 is 0 Å². The second kappa shape index (κ2) is 5.56. The average Bonchev–Trinajstić information content (AvgIpc) is 2.37. The standard InChI is InChI=1S/C16H20O5/c1-9-3-2-4-12(20-9)8-13-6-10-5-11(17)7-14(18)15(10)16(19)21-13/h5,7,9,12-13,17-18H,2-4,6,8H2,1H3/t9-,12+,13-/m0/s1. The smallest absolute Gasteiger partial charge is 0.342 e. The van der Waals surface area contributed by atoms with Crippen molar-refractivity contribution in [1.29, 1.82) is 0 Å². The number of hydrogen-bond acceptors (Lipinski definition) is 5. The maximum atomic E-state index is 12.0. The number of esters is 1. The minimum absolute atomic E-state index is 0.0396. The van der Waals surface area contributed by atoms with E-state index < -0.39 is 5.97 Å². The van der Waals surface area contributed by atoms with Crippen LogP contribution in [0.2, 0.25) is 0 Å². The first-order valence-corrected chi connectivity index (χ1v) is 7.44. The number of carbonyl (C=O) groups is 1. The van der Waals surface area contributed by atoms with E-state index in [0.29, 0.717) is 18.4 Å². The first-order chi connectivity index (χ1) is 10.0. The second-order valence-electron chi connectivity index (χ2n) is 5.97. The van der Waals surface area contributed by atoms with Gasteiger partial charge in [-0.3, -0.25) is 0 Å². The largest absolute Gasteiger partial charge is 0.508 e. The van der Waals surface area contributed by atoms with Crippen LogP contribution in [0.1, 0.15) is 48.5 Å². The predicted octanol–water partition coefficient (Wildman–Crippen LogP) is 2.53. The fourth-order valence-electron chi connectivity index (χ4n) is 3.26. The van der Waals surface area contributed by atoms with Crippen molar-refractivity contribution in [3.8, 4) is 11.5 Å². The number of ether oxygens (including phenoxy) is 2. The average molecular weight is 292 g/mol. The molecule has 114 valence electrons. The molecule has 3 rings (SSSR count). The second-order valence-corrected chi connectivity index (χ2v) is 5.97. The maximum Gasteiger partial charge on any atom is 0.342 e. The van der Waals surface area contributed by atoms with Crippen molar-refractivity contribution in [1.82, 2.24) is 0 Å². The molecule has 0 unspecified atom stereocenters.